The minimum Gasteiger partial charge on any atom is -0.306 e. The third kappa shape index (κ3) is 3.41. The smallest absolute Gasteiger partial charge is 0.256 e. The first-order valence-corrected chi connectivity index (χ1v) is 8.70. The molecule has 6 heteroatoms. The number of pyridine rings is 1. The maximum absolute atomic E-state index is 13.5. The Morgan fingerprint density at radius 3 is 2.63 bits per heavy atom. The summed E-state index contributed by atoms with van der Waals surface area (Å²) >= 11 is 5.99. The van der Waals surface area contributed by atoms with Gasteiger partial charge in [0, 0.05) is 22.3 Å². The SMILES string of the molecule is Cc1ccn2c(NC(=O)c3cccc(F)c3)c(-c3ccc(Cl)cc3)nc2c1. The van der Waals surface area contributed by atoms with Gasteiger partial charge in [-0.05, 0) is 55.0 Å². The van der Waals surface area contributed by atoms with Crippen molar-refractivity contribution in [3.05, 3.63) is 88.8 Å². The number of aromatic nitrogens is 2. The summed E-state index contributed by atoms with van der Waals surface area (Å²) in [6.45, 7) is 1.97. The molecule has 0 saturated heterocycles. The lowest BCUT2D eigenvalue weighted by molar-refractivity contribution is 0.102. The van der Waals surface area contributed by atoms with Crippen LogP contribution in [0.25, 0.3) is 16.9 Å². The van der Waals surface area contributed by atoms with Crippen molar-refractivity contribution in [2.75, 3.05) is 5.32 Å². The van der Waals surface area contributed by atoms with Gasteiger partial charge in [0.05, 0.1) is 0 Å². The zero-order chi connectivity index (χ0) is 19.0. The van der Waals surface area contributed by atoms with Crippen molar-refractivity contribution in [2.24, 2.45) is 0 Å². The number of anilines is 1. The van der Waals surface area contributed by atoms with E-state index < -0.39 is 11.7 Å². The molecule has 4 rings (SSSR count). The van der Waals surface area contributed by atoms with Crippen LogP contribution in [0, 0.1) is 12.7 Å². The lowest BCUT2D eigenvalue weighted by Gasteiger charge is -2.08. The van der Waals surface area contributed by atoms with E-state index in [1.54, 1.807) is 22.6 Å². The van der Waals surface area contributed by atoms with Gasteiger partial charge >= 0.3 is 0 Å². The molecule has 0 radical (unpaired) electrons. The lowest BCUT2D eigenvalue weighted by Crippen LogP contribution is -2.14. The minimum atomic E-state index is -0.464. The van der Waals surface area contributed by atoms with Gasteiger partial charge in [0.15, 0.2) is 0 Å². The minimum absolute atomic E-state index is 0.235. The Balaban J connectivity index is 1.83. The van der Waals surface area contributed by atoms with Crippen LogP contribution in [-0.4, -0.2) is 15.3 Å². The molecule has 0 aliphatic heterocycles. The molecule has 4 aromatic rings. The summed E-state index contributed by atoms with van der Waals surface area (Å²) in [6, 6.07) is 16.6. The maximum atomic E-state index is 13.5. The molecule has 0 unspecified atom stereocenters. The average molecular weight is 380 g/mol. The van der Waals surface area contributed by atoms with Gasteiger partial charge in [-0.2, -0.15) is 0 Å². The molecule has 0 spiro atoms. The van der Waals surface area contributed by atoms with Crippen LogP contribution in [0.4, 0.5) is 10.2 Å². The van der Waals surface area contributed by atoms with Gasteiger partial charge in [-0.25, -0.2) is 9.37 Å². The second kappa shape index (κ2) is 6.85. The molecule has 1 N–H and O–H groups in total. The third-order valence-corrected chi connectivity index (χ3v) is 4.47. The third-order valence-electron chi connectivity index (χ3n) is 4.22. The van der Waals surface area contributed by atoms with E-state index in [4.69, 9.17) is 11.6 Å². The number of nitrogens with one attached hydrogen (secondary N) is 1. The number of hydrogen-bond donors (Lipinski definition) is 1. The van der Waals surface area contributed by atoms with Crippen LogP contribution in [0.1, 0.15) is 15.9 Å². The van der Waals surface area contributed by atoms with E-state index in [1.807, 2.05) is 37.4 Å². The summed E-state index contributed by atoms with van der Waals surface area (Å²) in [5.74, 6) is -0.358. The number of rotatable bonds is 3. The predicted octanol–water partition coefficient (Wildman–Crippen LogP) is 5.35. The van der Waals surface area contributed by atoms with E-state index >= 15 is 0 Å². The summed E-state index contributed by atoms with van der Waals surface area (Å²) < 4.78 is 15.3. The molecule has 1 amide bonds. The lowest BCUT2D eigenvalue weighted by atomic mass is 10.1. The van der Waals surface area contributed by atoms with Gasteiger partial charge in [-0.1, -0.05) is 29.8 Å². The van der Waals surface area contributed by atoms with E-state index in [9.17, 15) is 9.18 Å². The quantitative estimate of drug-likeness (QED) is 0.521. The number of halogens is 2. The first-order valence-electron chi connectivity index (χ1n) is 8.33. The number of aryl methyl sites for hydroxylation is 1. The Bertz CT molecular complexity index is 1150. The Kier molecular flexibility index (Phi) is 4.38. The number of carbonyl (C=O) groups excluding carboxylic acids is 1. The molecule has 0 fully saturated rings. The largest absolute Gasteiger partial charge is 0.306 e. The summed E-state index contributed by atoms with van der Waals surface area (Å²) in [6.07, 6.45) is 1.85. The van der Waals surface area contributed by atoms with E-state index in [1.165, 1.54) is 18.2 Å². The number of carbonyl (C=O) groups is 1. The van der Waals surface area contributed by atoms with Crippen molar-refractivity contribution in [1.82, 2.24) is 9.38 Å². The summed E-state index contributed by atoms with van der Waals surface area (Å²) in [5.41, 5.74) is 3.42. The fourth-order valence-electron chi connectivity index (χ4n) is 2.88. The fourth-order valence-corrected chi connectivity index (χ4v) is 3.01. The standard InChI is InChI=1S/C21H15ClFN3O/c1-13-9-10-26-18(11-13)24-19(14-5-7-16(22)8-6-14)20(26)25-21(27)15-3-2-4-17(23)12-15/h2-12H,1H3,(H,25,27). The second-order valence-electron chi connectivity index (χ2n) is 6.21. The van der Waals surface area contributed by atoms with Crippen LogP contribution in [0.3, 0.4) is 0 Å². The molecular weight excluding hydrogens is 365 g/mol. The number of nitrogens with zero attached hydrogens (tertiary/aromatic N) is 2. The van der Waals surface area contributed by atoms with E-state index in [0.717, 1.165) is 11.1 Å². The fraction of sp³-hybridized carbons (Fsp3) is 0.0476. The zero-order valence-corrected chi connectivity index (χ0v) is 15.2. The topological polar surface area (TPSA) is 46.4 Å². The van der Waals surface area contributed by atoms with Gasteiger partial charge < -0.3 is 5.32 Å². The van der Waals surface area contributed by atoms with Crippen molar-refractivity contribution < 1.29 is 9.18 Å². The molecule has 27 heavy (non-hydrogen) atoms. The summed E-state index contributed by atoms with van der Waals surface area (Å²) in [7, 11) is 0. The first-order chi connectivity index (χ1) is 13.0. The Labute approximate surface area is 160 Å². The number of fused-ring (bicyclic) bond motifs is 1. The molecule has 134 valence electrons. The summed E-state index contributed by atoms with van der Waals surface area (Å²) in [4.78, 5) is 17.3. The molecule has 0 bridgehead atoms. The monoisotopic (exact) mass is 379 g/mol. The Hall–Kier alpha value is -3.18. The van der Waals surface area contributed by atoms with Crippen molar-refractivity contribution >= 4 is 29.0 Å². The Morgan fingerprint density at radius 1 is 1.11 bits per heavy atom. The number of amides is 1. The molecule has 4 nitrogen and oxygen atoms in total. The Morgan fingerprint density at radius 2 is 1.89 bits per heavy atom. The highest BCUT2D eigenvalue weighted by molar-refractivity contribution is 6.30. The van der Waals surface area contributed by atoms with Gasteiger partial charge in [-0.15, -0.1) is 0 Å². The van der Waals surface area contributed by atoms with Crippen LogP contribution >= 0.6 is 11.6 Å². The van der Waals surface area contributed by atoms with E-state index in [2.05, 4.69) is 10.3 Å². The van der Waals surface area contributed by atoms with Crippen LogP contribution < -0.4 is 5.32 Å². The average Bonchev–Trinajstić information content (AvgIpc) is 2.99. The van der Waals surface area contributed by atoms with Crippen LogP contribution in [0.5, 0.6) is 0 Å². The molecular formula is C21H15ClFN3O. The maximum Gasteiger partial charge on any atom is 0.256 e. The highest BCUT2D eigenvalue weighted by Gasteiger charge is 2.17. The van der Waals surface area contributed by atoms with Crippen molar-refractivity contribution in [3.8, 4) is 11.3 Å². The molecule has 0 atom stereocenters. The molecule has 2 aromatic carbocycles. The summed E-state index contributed by atoms with van der Waals surface area (Å²) in [5, 5.41) is 3.49. The number of imidazole rings is 1. The van der Waals surface area contributed by atoms with Crippen LogP contribution in [0.2, 0.25) is 5.02 Å². The van der Waals surface area contributed by atoms with Crippen LogP contribution in [0.15, 0.2) is 66.9 Å². The van der Waals surface area contributed by atoms with Crippen molar-refractivity contribution in [3.63, 3.8) is 0 Å². The zero-order valence-electron chi connectivity index (χ0n) is 14.4. The van der Waals surface area contributed by atoms with Crippen LogP contribution in [-0.2, 0) is 0 Å². The van der Waals surface area contributed by atoms with Gasteiger partial charge in [0.2, 0.25) is 0 Å². The number of hydrogen-bond acceptors (Lipinski definition) is 2. The van der Waals surface area contributed by atoms with Gasteiger partial charge in [-0.3, -0.25) is 9.20 Å². The van der Waals surface area contributed by atoms with Gasteiger partial charge in [0.25, 0.3) is 5.91 Å². The number of benzene rings is 2. The first kappa shape index (κ1) is 17.2. The molecule has 2 aromatic heterocycles. The molecule has 2 heterocycles. The highest BCUT2D eigenvalue weighted by Crippen LogP contribution is 2.30. The molecule has 0 aliphatic carbocycles. The van der Waals surface area contributed by atoms with Crippen molar-refractivity contribution in [1.29, 1.82) is 0 Å². The second-order valence-corrected chi connectivity index (χ2v) is 6.65. The van der Waals surface area contributed by atoms with Gasteiger partial charge in [0.1, 0.15) is 23.0 Å². The predicted molar refractivity (Wildman–Crippen MR) is 105 cm³/mol. The highest BCUT2D eigenvalue weighted by atomic mass is 35.5. The van der Waals surface area contributed by atoms with E-state index in [-0.39, 0.29) is 5.56 Å². The van der Waals surface area contributed by atoms with E-state index in [0.29, 0.717) is 22.2 Å². The normalized spacial score (nSPS) is 10.9. The van der Waals surface area contributed by atoms with Crippen molar-refractivity contribution in [2.45, 2.75) is 6.92 Å². The molecule has 0 saturated carbocycles. The molecule has 0 aliphatic rings.